The van der Waals surface area contributed by atoms with E-state index < -0.39 is 0 Å². The first-order valence-electron chi connectivity index (χ1n) is 7.43. The largest absolute Gasteiger partial charge is 0.352 e. The molecule has 0 aliphatic heterocycles. The summed E-state index contributed by atoms with van der Waals surface area (Å²) in [5.74, 6) is 0.110. The Labute approximate surface area is 129 Å². The third-order valence-corrected chi connectivity index (χ3v) is 4.38. The zero-order valence-corrected chi connectivity index (χ0v) is 13.6. The van der Waals surface area contributed by atoms with Crippen molar-refractivity contribution in [2.45, 2.75) is 51.1 Å². The molecule has 0 saturated heterocycles. The third-order valence-electron chi connectivity index (χ3n) is 3.89. The molecule has 20 heavy (non-hydrogen) atoms. The molecule has 2 rings (SSSR count). The summed E-state index contributed by atoms with van der Waals surface area (Å²) in [6.45, 7) is 2.46. The first-order valence-corrected chi connectivity index (χ1v) is 8.22. The number of halogens is 1. The van der Waals surface area contributed by atoms with E-state index in [1.807, 2.05) is 12.1 Å². The SMILES string of the molecule is C[C@@H](NCC(=O)NC1CCCCC1)c1cccc(Br)c1. The number of rotatable bonds is 5. The van der Waals surface area contributed by atoms with Gasteiger partial charge in [-0.25, -0.2) is 0 Å². The van der Waals surface area contributed by atoms with Crippen molar-refractivity contribution in [1.29, 1.82) is 0 Å². The second kappa shape index (κ2) is 7.79. The fraction of sp³-hybridized carbons (Fsp3) is 0.562. The molecule has 1 fully saturated rings. The Morgan fingerprint density at radius 2 is 2.10 bits per heavy atom. The first-order chi connectivity index (χ1) is 9.65. The predicted octanol–water partition coefficient (Wildman–Crippen LogP) is 3.55. The van der Waals surface area contributed by atoms with Crippen molar-refractivity contribution >= 4 is 21.8 Å². The van der Waals surface area contributed by atoms with E-state index in [9.17, 15) is 4.79 Å². The average Bonchev–Trinajstić information content (AvgIpc) is 2.46. The molecule has 4 heteroatoms. The zero-order chi connectivity index (χ0) is 14.4. The normalized spacial score (nSPS) is 17.7. The van der Waals surface area contributed by atoms with Crippen LogP contribution >= 0.6 is 15.9 Å². The highest BCUT2D eigenvalue weighted by Gasteiger charge is 2.16. The van der Waals surface area contributed by atoms with Crippen LogP contribution in [-0.2, 0) is 4.79 Å². The lowest BCUT2D eigenvalue weighted by molar-refractivity contribution is -0.121. The summed E-state index contributed by atoms with van der Waals surface area (Å²) in [5.41, 5.74) is 1.19. The third kappa shape index (κ3) is 4.91. The van der Waals surface area contributed by atoms with Crippen molar-refractivity contribution in [3.05, 3.63) is 34.3 Å². The molecule has 0 aromatic heterocycles. The minimum atomic E-state index is 0.110. The Morgan fingerprint density at radius 3 is 2.80 bits per heavy atom. The van der Waals surface area contributed by atoms with Crippen LogP contribution in [0, 0.1) is 0 Å². The van der Waals surface area contributed by atoms with Crippen LogP contribution in [0.15, 0.2) is 28.7 Å². The second-order valence-electron chi connectivity index (χ2n) is 5.56. The van der Waals surface area contributed by atoms with Crippen LogP contribution in [0.2, 0.25) is 0 Å². The summed E-state index contributed by atoms with van der Waals surface area (Å²) in [4.78, 5) is 11.9. The zero-order valence-electron chi connectivity index (χ0n) is 12.0. The average molecular weight is 339 g/mol. The van der Waals surface area contributed by atoms with Gasteiger partial charge in [0.05, 0.1) is 6.54 Å². The Hall–Kier alpha value is -0.870. The lowest BCUT2D eigenvalue weighted by Gasteiger charge is -2.23. The summed E-state index contributed by atoms with van der Waals surface area (Å²) in [6, 6.07) is 8.73. The van der Waals surface area contributed by atoms with Crippen molar-refractivity contribution in [2.24, 2.45) is 0 Å². The standard InChI is InChI=1S/C16H23BrN2O/c1-12(13-6-5-7-14(17)10-13)18-11-16(20)19-15-8-3-2-4-9-15/h5-7,10,12,15,18H,2-4,8-9,11H2,1H3,(H,19,20)/t12-/m1/s1. The van der Waals surface area contributed by atoms with Gasteiger partial charge in [-0.05, 0) is 37.5 Å². The Morgan fingerprint density at radius 1 is 1.35 bits per heavy atom. The van der Waals surface area contributed by atoms with Gasteiger partial charge in [-0.3, -0.25) is 4.79 Å². The summed E-state index contributed by atoms with van der Waals surface area (Å²) in [6.07, 6.45) is 6.06. The molecule has 2 N–H and O–H groups in total. The maximum absolute atomic E-state index is 11.9. The molecule has 1 atom stereocenters. The molecular weight excluding hydrogens is 316 g/mol. The van der Waals surface area contributed by atoms with Crippen LogP contribution in [0.1, 0.15) is 50.6 Å². The molecule has 1 aromatic rings. The van der Waals surface area contributed by atoms with Crippen molar-refractivity contribution in [3.63, 3.8) is 0 Å². The Kier molecular flexibility index (Phi) is 6.05. The van der Waals surface area contributed by atoms with E-state index in [-0.39, 0.29) is 11.9 Å². The monoisotopic (exact) mass is 338 g/mol. The predicted molar refractivity (Wildman–Crippen MR) is 85.6 cm³/mol. The highest BCUT2D eigenvalue weighted by Crippen LogP contribution is 2.18. The number of benzene rings is 1. The molecule has 1 aliphatic carbocycles. The van der Waals surface area contributed by atoms with E-state index in [1.165, 1.54) is 24.8 Å². The maximum atomic E-state index is 11.9. The van der Waals surface area contributed by atoms with Crippen LogP contribution in [0.4, 0.5) is 0 Å². The van der Waals surface area contributed by atoms with Gasteiger partial charge in [0.1, 0.15) is 0 Å². The molecule has 0 radical (unpaired) electrons. The van der Waals surface area contributed by atoms with Gasteiger partial charge < -0.3 is 10.6 Å². The summed E-state index contributed by atoms with van der Waals surface area (Å²) >= 11 is 3.47. The molecule has 0 unspecified atom stereocenters. The maximum Gasteiger partial charge on any atom is 0.234 e. The van der Waals surface area contributed by atoms with Crippen LogP contribution < -0.4 is 10.6 Å². The molecule has 110 valence electrons. The van der Waals surface area contributed by atoms with Gasteiger partial charge in [0, 0.05) is 16.6 Å². The summed E-state index contributed by atoms with van der Waals surface area (Å²) < 4.78 is 1.07. The minimum Gasteiger partial charge on any atom is -0.352 e. The smallest absolute Gasteiger partial charge is 0.234 e. The summed E-state index contributed by atoms with van der Waals surface area (Å²) in [7, 11) is 0. The Bertz CT molecular complexity index is 444. The van der Waals surface area contributed by atoms with Gasteiger partial charge in [0.15, 0.2) is 0 Å². The van der Waals surface area contributed by atoms with E-state index in [1.54, 1.807) is 0 Å². The molecule has 0 heterocycles. The van der Waals surface area contributed by atoms with Crippen molar-refractivity contribution in [2.75, 3.05) is 6.54 Å². The quantitative estimate of drug-likeness (QED) is 0.861. The van der Waals surface area contributed by atoms with E-state index in [2.05, 4.69) is 45.6 Å². The molecule has 3 nitrogen and oxygen atoms in total. The van der Waals surface area contributed by atoms with E-state index >= 15 is 0 Å². The highest BCUT2D eigenvalue weighted by molar-refractivity contribution is 9.10. The minimum absolute atomic E-state index is 0.110. The van der Waals surface area contributed by atoms with Crippen molar-refractivity contribution < 1.29 is 4.79 Å². The molecule has 1 amide bonds. The van der Waals surface area contributed by atoms with Gasteiger partial charge >= 0.3 is 0 Å². The molecule has 0 spiro atoms. The number of hydrogen-bond donors (Lipinski definition) is 2. The van der Waals surface area contributed by atoms with Crippen LogP contribution in [0.3, 0.4) is 0 Å². The lowest BCUT2D eigenvalue weighted by atomic mass is 9.95. The molecular formula is C16H23BrN2O. The number of amides is 1. The second-order valence-corrected chi connectivity index (χ2v) is 6.48. The number of hydrogen-bond acceptors (Lipinski definition) is 2. The topological polar surface area (TPSA) is 41.1 Å². The van der Waals surface area contributed by atoms with E-state index in [0.717, 1.165) is 17.3 Å². The van der Waals surface area contributed by atoms with Gasteiger partial charge in [-0.2, -0.15) is 0 Å². The van der Waals surface area contributed by atoms with Gasteiger partial charge in [-0.15, -0.1) is 0 Å². The summed E-state index contributed by atoms with van der Waals surface area (Å²) in [5, 5.41) is 6.41. The van der Waals surface area contributed by atoms with Crippen LogP contribution in [0.5, 0.6) is 0 Å². The van der Waals surface area contributed by atoms with Crippen LogP contribution in [0.25, 0.3) is 0 Å². The van der Waals surface area contributed by atoms with E-state index in [4.69, 9.17) is 0 Å². The van der Waals surface area contributed by atoms with Gasteiger partial charge in [0.2, 0.25) is 5.91 Å². The van der Waals surface area contributed by atoms with Gasteiger partial charge in [0.25, 0.3) is 0 Å². The number of nitrogens with one attached hydrogen (secondary N) is 2. The van der Waals surface area contributed by atoms with E-state index in [0.29, 0.717) is 12.6 Å². The van der Waals surface area contributed by atoms with Crippen LogP contribution in [-0.4, -0.2) is 18.5 Å². The van der Waals surface area contributed by atoms with Crippen molar-refractivity contribution in [3.8, 4) is 0 Å². The van der Waals surface area contributed by atoms with Gasteiger partial charge in [-0.1, -0.05) is 47.3 Å². The Balaban J connectivity index is 1.75. The molecule has 1 saturated carbocycles. The lowest BCUT2D eigenvalue weighted by Crippen LogP contribution is -2.41. The first kappa shape index (κ1) is 15.5. The molecule has 1 aliphatic rings. The van der Waals surface area contributed by atoms with Crippen molar-refractivity contribution in [1.82, 2.24) is 10.6 Å². The number of carbonyl (C=O) groups is 1. The fourth-order valence-electron chi connectivity index (χ4n) is 2.67. The molecule has 0 bridgehead atoms. The molecule has 1 aromatic carbocycles. The number of carbonyl (C=O) groups excluding carboxylic acids is 1. The highest BCUT2D eigenvalue weighted by atomic mass is 79.9. The fourth-order valence-corrected chi connectivity index (χ4v) is 3.08.